The molecule has 12 unspecified atom stereocenters. The Morgan fingerprint density at radius 3 is 1.38 bits per heavy atom. The molecule has 414 valence electrons. The van der Waals surface area contributed by atoms with E-state index in [1.54, 1.807) is 31.2 Å². The number of hydrogen-bond acceptors (Lipinski definition) is 13. The second-order valence-electron chi connectivity index (χ2n) is 24.1. The molecule has 5 saturated carbocycles. The van der Waals surface area contributed by atoms with Crippen LogP contribution in [0.2, 0.25) is 0 Å². The molecule has 12 atom stereocenters. The van der Waals surface area contributed by atoms with Crippen molar-refractivity contribution in [3.05, 3.63) is 77.4 Å². The van der Waals surface area contributed by atoms with Crippen LogP contribution in [0.1, 0.15) is 138 Å². The smallest absolute Gasteiger partial charge is 0.343 e. The highest BCUT2D eigenvalue weighted by molar-refractivity contribution is 6.24. The largest absolute Gasteiger partial charge is 0.426 e. The number of nitrogens with zero attached hydrogens (tertiary/aromatic N) is 4. The van der Waals surface area contributed by atoms with Crippen LogP contribution in [-0.2, 0) is 47.9 Å². The van der Waals surface area contributed by atoms with Gasteiger partial charge in [-0.05, 0) is 142 Å². The summed E-state index contributed by atoms with van der Waals surface area (Å²) in [7, 11) is 1.44. The van der Waals surface area contributed by atoms with E-state index in [9.17, 15) is 47.9 Å². The third-order valence-corrected chi connectivity index (χ3v) is 19.7. The monoisotopic (exact) mass is 1080 g/mol. The fraction of sp³-hybridized carbons (Fsp3) is 0.548. The van der Waals surface area contributed by atoms with Gasteiger partial charge in [0.15, 0.2) is 0 Å². The van der Waals surface area contributed by atoms with Crippen molar-refractivity contribution in [1.29, 1.82) is 0 Å². The molecule has 12 rings (SSSR count). The highest BCUT2D eigenvalue weighted by Crippen LogP contribution is 2.64. The minimum absolute atomic E-state index is 0.0273. The third kappa shape index (κ3) is 8.83. The number of amides is 8. The van der Waals surface area contributed by atoms with Gasteiger partial charge in [0.25, 0.3) is 0 Å². The average Bonchev–Trinajstić information content (AvgIpc) is 4.23. The zero-order valence-electron chi connectivity index (χ0n) is 45.3. The van der Waals surface area contributed by atoms with E-state index < -0.39 is 118 Å². The Balaban J connectivity index is 0.764. The van der Waals surface area contributed by atoms with Gasteiger partial charge < -0.3 is 14.2 Å². The molecule has 4 aliphatic heterocycles. The number of carbonyl (C=O) groups is 10. The van der Waals surface area contributed by atoms with Gasteiger partial charge >= 0.3 is 11.9 Å². The maximum atomic E-state index is 15.0. The van der Waals surface area contributed by atoms with Gasteiger partial charge in [0.05, 0.1) is 28.7 Å². The van der Waals surface area contributed by atoms with E-state index in [4.69, 9.17) is 14.2 Å². The summed E-state index contributed by atoms with van der Waals surface area (Å²) >= 11 is 0. The van der Waals surface area contributed by atoms with E-state index in [0.717, 1.165) is 63.9 Å². The van der Waals surface area contributed by atoms with Crippen molar-refractivity contribution in [2.45, 2.75) is 129 Å². The number of hydrogen-bond donors (Lipinski definition) is 0. The minimum Gasteiger partial charge on any atom is -0.426 e. The molecular weight excluding hydrogens is 1010 g/mol. The van der Waals surface area contributed by atoms with Crippen molar-refractivity contribution in [3.8, 4) is 11.5 Å². The SMILES string of the molecule is CCCCCCOC1CCC(c2ccc(C(=O)Oc3cc(C)cc(N4C(=O)C5CC(C4=O)C4C6CC(C(=O)N(c7cc(OC(=O)CCCC)cc(N8C(=O)C9CC(C8=O)C8C%10CC(C(=O)N(C)C%10=O)C98)c7)C6=O)C54)c3)cc2)CC1. The van der Waals surface area contributed by atoms with Crippen molar-refractivity contribution >= 4 is 76.3 Å². The topological polar surface area (TPSA) is 211 Å². The number of benzene rings is 3. The molecule has 17 nitrogen and oxygen atoms in total. The maximum absolute atomic E-state index is 15.0. The number of imide groups is 4. The normalized spacial score (nSPS) is 32.3. The molecule has 0 spiro atoms. The van der Waals surface area contributed by atoms with Crippen molar-refractivity contribution in [1.82, 2.24) is 4.90 Å². The highest BCUT2D eigenvalue weighted by atomic mass is 16.5. The molecule has 79 heavy (non-hydrogen) atoms. The van der Waals surface area contributed by atoms with E-state index in [1.165, 1.54) is 50.6 Å². The molecule has 3 aromatic carbocycles. The van der Waals surface area contributed by atoms with Gasteiger partial charge in [-0.15, -0.1) is 0 Å². The molecule has 8 bridgehead atoms. The first kappa shape index (κ1) is 52.8. The molecule has 9 aliphatic rings. The van der Waals surface area contributed by atoms with Crippen LogP contribution in [0.15, 0.2) is 60.7 Å². The third-order valence-electron chi connectivity index (χ3n) is 19.7. The minimum atomic E-state index is -0.853. The predicted molar refractivity (Wildman–Crippen MR) is 285 cm³/mol. The van der Waals surface area contributed by atoms with Crippen molar-refractivity contribution in [2.75, 3.05) is 28.4 Å². The summed E-state index contributed by atoms with van der Waals surface area (Å²) in [6.07, 6.45) is 11.1. The lowest BCUT2D eigenvalue weighted by atomic mass is 9.82. The van der Waals surface area contributed by atoms with Crippen LogP contribution in [0.25, 0.3) is 0 Å². The quantitative estimate of drug-likeness (QED) is 0.0435. The predicted octanol–water partition coefficient (Wildman–Crippen LogP) is 8.26. The van der Waals surface area contributed by atoms with Crippen LogP contribution in [-0.4, -0.2) is 83.9 Å². The zero-order chi connectivity index (χ0) is 55.3. The van der Waals surface area contributed by atoms with Crippen molar-refractivity contribution in [3.63, 3.8) is 0 Å². The summed E-state index contributed by atoms with van der Waals surface area (Å²) in [5.41, 5.74) is 2.30. The molecule has 17 heteroatoms. The molecule has 0 aromatic heterocycles. The Morgan fingerprint density at radius 1 is 0.494 bits per heavy atom. The molecule has 5 aliphatic carbocycles. The molecule has 0 N–H and O–H groups in total. The number of aryl methyl sites for hydroxylation is 1. The van der Waals surface area contributed by atoms with Gasteiger partial charge in [-0.3, -0.25) is 48.1 Å². The molecule has 3 aromatic rings. The van der Waals surface area contributed by atoms with E-state index in [-0.39, 0.29) is 72.5 Å². The van der Waals surface area contributed by atoms with Gasteiger partial charge in [0.1, 0.15) is 11.5 Å². The Hall–Kier alpha value is -6.88. The Morgan fingerprint density at radius 2 is 0.924 bits per heavy atom. The molecule has 4 heterocycles. The lowest BCUT2D eigenvalue weighted by molar-refractivity contribution is -0.152. The second kappa shape index (κ2) is 20.7. The number of esters is 2. The van der Waals surface area contributed by atoms with E-state index in [1.807, 2.05) is 19.1 Å². The van der Waals surface area contributed by atoms with Crippen LogP contribution < -0.4 is 24.2 Å². The van der Waals surface area contributed by atoms with Gasteiger partial charge in [0.2, 0.25) is 47.3 Å². The van der Waals surface area contributed by atoms with Crippen molar-refractivity contribution < 1.29 is 62.2 Å². The van der Waals surface area contributed by atoms with Gasteiger partial charge in [-0.1, -0.05) is 51.7 Å². The number of anilines is 3. The fourth-order valence-corrected chi connectivity index (χ4v) is 16.1. The van der Waals surface area contributed by atoms with Crippen molar-refractivity contribution in [2.24, 2.45) is 71.0 Å². The molecule has 9 fully saturated rings. The number of carbonyl (C=O) groups excluding carboxylic acids is 10. The first-order chi connectivity index (χ1) is 38.1. The summed E-state index contributed by atoms with van der Waals surface area (Å²) in [4.78, 5) is 147. The Bertz CT molecular complexity index is 3000. The molecular formula is C62H68N4O13. The Labute approximate surface area is 459 Å². The standard InChI is InChI=1S/C62H68N4O13/c1-5-7-9-10-20-77-38-18-16-33(17-19-38)32-12-14-34(15-13-32)62(76)79-39-22-31(3)21-35(24-39)64-56(70)45-29-46(57(64)71)53-48-30-47(52(45)53)60(74)66(61(48)75)37-23-36(25-40(26-37)78-49(67)11-8-6-2)65-58(72)43-28-44(59(65)73)51-42-27-41(50(43)51)54(68)63(4)55(42)69/h12-15,21-26,33,38,41-48,50-53H,5-11,16-20,27-30H2,1-4H3. The molecule has 4 saturated heterocycles. The highest BCUT2D eigenvalue weighted by Gasteiger charge is 2.70. The lowest BCUT2D eigenvalue weighted by Crippen LogP contribution is -2.52. The molecule has 8 amide bonds. The lowest BCUT2D eigenvalue weighted by Gasteiger charge is -2.37. The maximum Gasteiger partial charge on any atom is 0.343 e. The van der Waals surface area contributed by atoms with Crippen LogP contribution in [0, 0.1) is 77.9 Å². The first-order valence-electron chi connectivity index (χ1n) is 28.9. The second-order valence-corrected chi connectivity index (χ2v) is 24.1. The summed E-state index contributed by atoms with van der Waals surface area (Å²) in [6, 6.07) is 16.4. The van der Waals surface area contributed by atoms with E-state index in [0.29, 0.717) is 36.0 Å². The van der Waals surface area contributed by atoms with Crippen LogP contribution in [0.3, 0.4) is 0 Å². The van der Waals surface area contributed by atoms with E-state index in [2.05, 4.69) is 6.92 Å². The molecule has 0 radical (unpaired) electrons. The van der Waals surface area contributed by atoms with Crippen LogP contribution >= 0.6 is 0 Å². The van der Waals surface area contributed by atoms with E-state index >= 15 is 0 Å². The first-order valence-corrected chi connectivity index (χ1v) is 28.9. The average molecular weight is 1080 g/mol. The fourth-order valence-electron chi connectivity index (χ4n) is 16.1. The summed E-state index contributed by atoms with van der Waals surface area (Å²) in [5.74, 6) is -13.2. The van der Waals surface area contributed by atoms with Gasteiger partial charge in [-0.25, -0.2) is 19.5 Å². The number of fused-ring (bicyclic) bond motifs is 18. The van der Waals surface area contributed by atoms with Gasteiger partial charge in [-0.2, -0.15) is 0 Å². The number of ether oxygens (including phenoxy) is 3. The van der Waals surface area contributed by atoms with Gasteiger partial charge in [0, 0.05) is 85.6 Å². The number of likely N-dealkylation sites (tertiary alicyclic amines) is 1. The zero-order valence-corrected chi connectivity index (χ0v) is 45.3. The number of unbranched alkanes of at least 4 members (excludes halogenated alkanes) is 4. The summed E-state index contributed by atoms with van der Waals surface area (Å²) < 4.78 is 17.9. The number of piperidine rings is 4. The number of rotatable bonds is 16. The summed E-state index contributed by atoms with van der Waals surface area (Å²) in [5, 5.41) is 0. The van der Waals surface area contributed by atoms with Crippen LogP contribution in [0.4, 0.5) is 17.1 Å². The Kier molecular flexibility index (Phi) is 13.8. The summed E-state index contributed by atoms with van der Waals surface area (Å²) in [6.45, 7) is 6.70. The van der Waals surface area contributed by atoms with Crippen LogP contribution in [0.5, 0.6) is 11.5 Å².